The molecular formula is C41H28N4. The second-order valence-electron chi connectivity index (χ2n) is 11.6. The number of hydrogen-bond donors (Lipinski definition) is 0. The summed E-state index contributed by atoms with van der Waals surface area (Å²) in [6.45, 7) is 0. The molecule has 0 N–H and O–H groups in total. The van der Waals surface area contributed by atoms with Gasteiger partial charge in [0.05, 0.1) is 6.04 Å². The quantitative estimate of drug-likeness (QED) is 0.214. The Morgan fingerprint density at radius 3 is 1.96 bits per heavy atom. The molecule has 7 aromatic rings. The van der Waals surface area contributed by atoms with E-state index in [0.29, 0.717) is 17.6 Å². The van der Waals surface area contributed by atoms with Gasteiger partial charge >= 0.3 is 0 Å². The number of fused-ring (bicyclic) bond motifs is 5. The lowest BCUT2D eigenvalue weighted by Crippen LogP contribution is -2.38. The molecule has 4 nitrogen and oxygen atoms in total. The molecule has 0 fully saturated rings. The number of rotatable bonds is 4. The summed E-state index contributed by atoms with van der Waals surface area (Å²) < 4.78 is 0. The van der Waals surface area contributed by atoms with Crippen LogP contribution in [-0.2, 0) is 0 Å². The lowest BCUT2D eigenvalue weighted by Gasteiger charge is -2.27. The maximum Gasteiger partial charge on any atom is 0.234 e. The number of benzene rings is 6. The number of hydrogen-bond acceptors (Lipinski definition) is 4. The third kappa shape index (κ3) is 4.26. The van der Waals surface area contributed by atoms with Crippen molar-refractivity contribution in [3.8, 4) is 33.9 Å². The van der Waals surface area contributed by atoms with Crippen molar-refractivity contribution in [2.45, 2.75) is 12.0 Å². The van der Waals surface area contributed by atoms with Gasteiger partial charge in [0.25, 0.3) is 0 Å². The molecule has 1 aromatic heterocycles. The van der Waals surface area contributed by atoms with Crippen LogP contribution >= 0.6 is 0 Å². The van der Waals surface area contributed by atoms with Gasteiger partial charge < -0.3 is 4.90 Å². The van der Waals surface area contributed by atoms with Gasteiger partial charge in [-0.05, 0) is 44.0 Å². The van der Waals surface area contributed by atoms with Crippen LogP contribution in [0.1, 0.15) is 11.5 Å². The van der Waals surface area contributed by atoms with Crippen molar-refractivity contribution < 1.29 is 0 Å². The van der Waals surface area contributed by atoms with E-state index in [1.165, 1.54) is 16.0 Å². The van der Waals surface area contributed by atoms with Gasteiger partial charge in [0.2, 0.25) is 5.95 Å². The van der Waals surface area contributed by atoms with Crippen molar-refractivity contribution in [3.63, 3.8) is 0 Å². The molecule has 6 aromatic carbocycles. The summed E-state index contributed by atoms with van der Waals surface area (Å²) in [5.41, 5.74) is 6.59. The number of aromatic nitrogens is 3. The van der Waals surface area contributed by atoms with Gasteiger partial charge in [-0.1, -0.05) is 152 Å². The number of nitrogens with zero attached hydrogens (tertiary/aromatic N) is 4. The SMILES string of the molecule is C1=c2ccccc2=CC2C1c1ccccc1N2c1nc(-c2ccccc2-c2ccccc2)nc(-c2cccc3ccccc23)n1. The molecule has 0 amide bonds. The van der Waals surface area contributed by atoms with Gasteiger partial charge in [-0.3, -0.25) is 0 Å². The van der Waals surface area contributed by atoms with E-state index in [0.717, 1.165) is 38.7 Å². The summed E-state index contributed by atoms with van der Waals surface area (Å²) >= 11 is 0. The zero-order chi connectivity index (χ0) is 29.7. The van der Waals surface area contributed by atoms with Crippen LogP contribution < -0.4 is 15.3 Å². The molecule has 9 rings (SSSR count). The highest BCUT2D eigenvalue weighted by atomic mass is 15.3. The van der Waals surface area contributed by atoms with E-state index in [-0.39, 0.29) is 12.0 Å². The average molecular weight is 577 g/mol. The minimum Gasteiger partial charge on any atom is -0.302 e. The summed E-state index contributed by atoms with van der Waals surface area (Å²) in [6, 6.07) is 50.9. The first-order valence-electron chi connectivity index (χ1n) is 15.4. The van der Waals surface area contributed by atoms with Crippen LogP contribution in [0.3, 0.4) is 0 Å². The Morgan fingerprint density at radius 2 is 1.09 bits per heavy atom. The highest BCUT2D eigenvalue weighted by molar-refractivity contribution is 5.95. The minimum absolute atomic E-state index is 0.0392. The predicted molar refractivity (Wildman–Crippen MR) is 183 cm³/mol. The van der Waals surface area contributed by atoms with E-state index in [2.05, 4.69) is 157 Å². The summed E-state index contributed by atoms with van der Waals surface area (Å²) in [7, 11) is 0. The Hall–Kier alpha value is -5.87. The van der Waals surface area contributed by atoms with E-state index in [4.69, 9.17) is 15.0 Å². The monoisotopic (exact) mass is 576 g/mol. The average Bonchev–Trinajstić information content (AvgIpc) is 3.43. The molecule has 0 saturated heterocycles. The largest absolute Gasteiger partial charge is 0.302 e. The van der Waals surface area contributed by atoms with Crippen molar-refractivity contribution in [2.75, 3.05) is 4.90 Å². The molecule has 45 heavy (non-hydrogen) atoms. The highest BCUT2D eigenvalue weighted by Crippen LogP contribution is 2.47. The van der Waals surface area contributed by atoms with Gasteiger partial charge in [0, 0.05) is 22.7 Å². The molecular weight excluding hydrogens is 548 g/mol. The van der Waals surface area contributed by atoms with E-state index in [9.17, 15) is 0 Å². The molecule has 0 spiro atoms. The summed E-state index contributed by atoms with van der Waals surface area (Å²) in [5, 5.41) is 4.77. The van der Waals surface area contributed by atoms with Gasteiger partial charge in [0.1, 0.15) is 0 Å². The van der Waals surface area contributed by atoms with Crippen molar-refractivity contribution in [1.82, 2.24) is 15.0 Å². The van der Waals surface area contributed by atoms with Gasteiger partial charge in [-0.15, -0.1) is 0 Å². The van der Waals surface area contributed by atoms with Crippen LogP contribution in [0.25, 0.3) is 56.8 Å². The summed E-state index contributed by atoms with van der Waals surface area (Å²) in [6.07, 6.45) is 4.77. The minimum atomic E-state index is 0.0392. The Kier molecular flexibility index (Phi) is 5.91. The van der Waals surface area contributed by atoms with Gasteiger partial charge in [-0.2, -0.15) is 9.97 Å². The van der Waals surface area contributed by atoms with Crippen LogP contribution in [0.5, 0.6) is 0 Å². The molecule has 2 heterocycles. The van der Waals surface area contributed by atoms with E-state index < -0.39 is 0 Å². The van der Waals surface area contributed by atoms with Crippen LogP contribution in [0.4, 0.5) is 11.6 Å². The van der Waals surface area contributed by atoms with Gasteiger partial charge in [0.15, 0.2) is 11.6 Å². The third-order valence-corrected chi connectivity index (χ3v) is 9.05. The summed E-state index contributed by atoms with van der Waals surface area (Å²) in [4.78, 5) is 18.1. The Morgan fingerprint density at radius 1 is 0.467 bits per heavy atom. The lowest BCUT2D eigenvalue weighted by atomic mass is 9.89. The third-order valence-electron chi connectivity index (χ3n) is 9.05. The topological polar surface area (TPSA) is 41.9 Å². The van der Waals surface area contributed by atoms with Crippen LogP contribution in [-0.4, -0.2) is 21.0 Å². The molecule has 2 atom stereocenters. The normalized spacial score (nSPS) is 16.3. The fourth-order valence-corrected chi connectivity index (χ4v) is 6.97. The van der Waals surface area contributed by atoms with Crippen molar-refractivity contribution in [3.05, 3.63) is 162 Å². The molecule has 1 aliphatic carbocycles. The maximum atomic E-state index is 5.29. The predicted octanol–water partition coefficient (Wildman–Crippen LogP) is 7.90. The van der Waals surface area contributed by atoms with Crippen LogP contribution in [0.15, 0.2) is 146 Å². The first-order chi connectivity index (χ1) is 22.3. The molecule has 0 radical (unpaired) electrons. The fourth-order valence-electron chi connectivity index (χ4n) is 6.97. The molecule has 0 bridgehead atoms. The molecule has 0 saturated carbocycles. The Balaban J connectivity index is 1.31. The maximum absolute atomic E-state index is 5.29. The zero-order valence-corrected chi connectivity index (χ0v) is 24.5. The Labute approximate surface area is 261 Å². The lowest BCUT2D eigenvalue weighted by molar-refractivity contribution is 0.779. The second kappa shape index (κ2) is 10.4. The molecule has 2 unspecified atom stereocenters. The second-order valence-corrected chi connectivity index (χ2v) is 11.6. The smallest absolute Gasteiger partial charge is 0.234 e. The van der Waals surface area contributed by atoms with Crippen LogP contribution in [0, 0.1) is 0 Å². The Bertz CT molecular complexity index is 2360. The number of para-hydroxylation sites is 1. The van der Waals surface area contributed by atoms with Crippen molar-refractivity contribution in [2.24, 2.45) is 0 Å². The van der Waals surface area contributed by atoms with Crippen LogP contribution in [0.2, 0.25) is 0 Å². The van der Waals surface area contributed by atoms with Crippen molar-refractivity contribution in [1.29, 1.82) is 0 Å². The first-order valence-corrected chi connectivity index (χ1v) is 15.4. The summed E-state index contributed by atoms with van der Waals surface area (Å²) in [5.74, 6) is 2.16. The van der Waals surface area contributed by atoms with E-state index >= 15 is 0 Å². The van der Waals surface area contributed by atoms with E-state index in [1.54, 1.807) is 0 Å². The molecule has 212 valence electrons. The van der Waals surface area contributed by atoms with Crippen molar-refractivity contribution >= 4 is 34.6 Å². The van der Waals surface area contributed by atoms with E-state index in [1.807, 2.05) is 6.07 Å². The zero-order valence-electron chi connectivity index (χ0n) is 24.5. The highest BCUT2D eigenvalue weighted by Gasteiger charge is 2.39. The standard InChI is InChI=1S/C41H28N4/c1-2-13-27(14-3-1)31-20-8-9-22-34(31)39-42-40(35-23-12-18-28-15-6-7-19-32(28)35)44-41(43-39)45-37-24-11-10-21-33(37)36-25-29-16-4-5-17-30(29)26-38(36)45/h1-26,36,38H. The van der Waals surface area contributed by atoms with Gasteiger partial charge in [-0.25, -0.2) is 4.98 Å². The first kappa shape index (κ1) is 25.6. The number of anilines is 2. The molecule has 2 aliphatic rings. The fraction of sp³-hybridized carbons (Fsp3) is 0.0488. The molecule has 4 heteroatoms. The molecule has 1 aliphatic heterocycles.